The van der Waals surface area contributed by atoms with Crippen LogP contribution in [0.3, 0.4) is 0 Å². The lowest BCUT2D eigenvalue weighted by Gasteiger charge is -2.10. The number of halogens is 3. The van der Waals surface area contributed by atoms with Crippen molar-refractivity contribution in [2.75, 3.05) is 0 Å². The molecule has 4 heteroatoms. The summed E-state index contributed by atoms with van der Waals surface area (Å²) in [7, 11) is 0. The molecule has 0 aliphatic rings. The van der Waals surface area contributed by atoms with E-state index >= 15 is 0 Å². The van der Waals surface area contributed by atoms with E-state index in [2.05, 4.69) is 0 Å². The van der Waals surface area contributed by atoms with E-state index in [1.54, 1.807) is 0 Å². The highest BCUT2D eigenvalue weighted by atomic mass is 19.4. The molecule has 1 aromatic carbocycles. The first kappa shape index (κ1) is 12.7. The number of benzene rings is 1. The van der Waals surface area contributed by atoms with Gasteiger partial charge in [-0.2, -0.15) is 13.2 Å². The number of aryl methyl sites for hydroxylation is 1. The quantitative estimate of drug-likeness (QED) is 0.718. The summed E-state index contributed by atoms with van der Waals surface area (Å²) >= 11 is 0. The molecule has 0 spiro atoms. The van der Waals surface area contributed by atoms with Gasteiger partial charge < -0.3 is 0 Å². The second kappa shape index (κ2) is 5.14. The van der Waals surface area contributed by atoms with Gasteiger partial charge in [0.25, 0.3) is 0 Å². The van der Waals surface area contributed by atoms with Crippen LogP contribution in [-0.4, -0.2) is 6.29 Å². The van der Waals surface area contributed by atoms with Gasteiger partial charge in [0, 0.05) is 5.56 Å². The third kappa shape index (κ3) is 3.08. The van der Waals surface area contributed by atoms with Gasteiger partial charge in [0.2, 0.25) is 0 Å². The van der Waals surface area contributed by atoms with Crippen molar-refractivity contribution in [1.29, 1.82) is 0 Å². The van der Waals surface area contributed by atoms with Crippen LogP contribution in [0.5, 0.6) is 0 Å². The molecule has 88 valence electrons. The summed E-state index contributed by atoms with van der Waals surface area (Å²) < 4.78 is 37.1. The molecule has 0 aliphatic heterocycles. The maximum absolute atomic E-state index is 12.4. The monoisotopic (exact) mass is 230 g/mol. The Balaban J connectivity index is 3.02. The molecule has 1 aromatic rings. The van der Waals surface area contributed by atoms with Crippen LogP contribution in [0, 0.1) is 0 Å². The minimum absolute atomic E-state index is 0.142. The average Bonchev–Trinajstić information content (AvgIpc) is 2.24. The highest BCUT2D eigenvalue weighted by molar-refractivity contribution is 5.77. The fourth-order valence-electron chi connectivity index (χ4n) is 1.48. The zero-order valence-corrected chi connectivity index (χ0v) is 8.97. The number of rotatable bonds is 4. The molecule has 0 atom stereocenters. The maximum atomic E-state index is 12.4. The molecule has 0 N–H and O–H groups in total. The van der Waals surface area contributed by atoms with Gasteiger partial charge in [0.1, 0.15) is 6.29 Å². The number of unbranched alkanes of at least 4 members (excludes halogenated alkanes) is 1. The molecule has 0 amide bonds. The van der Waals surface area contributed by atoms with Crippen molar-refractivity contribution < 1.29 is 18.0 Å². The molecule has 1 nitrogen and oxygen atoms in total. The van der Waals surface area contributed by atoms with Crippen molar-refractivity contribution in [1.82, 2.24) is 0 Å². The Bertz CT molecular complexity index is 369. The maximum Gasteiger partial charge on any atom is 0.416 e. The number of aldehydes is 1. The minimum Gasteiger partial charge on any atom is -0.298 e. The zero-order chi connectivity index (χ0) is 12.2. The molecule has 16 heavy (non-hydrogen) atoms. The van der Waals surface area contributed by atoms with E-state index in [1.165, 1.54) is 6.07 Å². The summed E-state index contributed by atoms with van der Waals surface area (Å²) in [6.45, 7) is 1.99. The van der Waals surface area contributed by atoms with Crippen LogP contribution in [0.25, 0.3) is 0 Å². The Hall–Kier alpha value is -1.32. The molecule has 0 saturated carbocycles. The van der Waals surface area contributed by atoms with Crippen molar-refractivity contribution in [3.05, 3.63) is 34.9 Å². The Morgan fingerprint density at radius 3 is 2.50 bits per heavy atom. The van der Waals surface area contributed by atoms with Gasteiger partial charge in [0.15, 0.2) is 0 Å². The van der Waals surface area contributed by atoms with Crippen molar-refractivity contribution in [3.63, 3.8) is 0 Å². The van der Waals surface area contributed by atoms with Gasteiger partial charge >= 0.3 is 6.18 Å². The Kier molecular flexibility index (Phi) is 4.10. The molecule has 0 saturated heterocycles. The first-order valence-corrected chi connectivity index (χ1v) is 5.14. The summed E-state index contributed by atoms with van der Waals surface area (Å²) in [6, 6.07) is 3.33. The number of hydrogen-bond donors (Lipinski definition) is 0. The predicted molar refractivity (Wildman–Crippen MR) is 55.4 cm³/mol. The predicted octanol–water partition coefficient (Wildman–Crippen LogP) is 3.86. The van der Waals surface area contributed by atoms with Gasteiger partial charge in [-0.1, -0.05) is 19.4 Å². The van der Waals surface area contributed by atoms with Crippen LogP contribution in [-0.2, 0) is 12.6 Å². The van der Waals surface area contributed by atoms with E-state index in [4.69, 9.17) is 0 Å². The van der Waals surface area contributed by atoms with Crippen LogP contribution in [0.4, 0.5) is 13.2 Å². The van der Waals surface area contributed by atoms with Gasteiger partial charge in [-0.15, -0.1) is 0 Å². The number of carbonyl (C=O) groups excluding carboxylic acids is 1. The lowest BCUT2D eigenvalue weighted by atomic mass is 10.00. The summed E-state index contributed by atoms with van der Waals surface area (Å²) in [5, 5.41) is 0. The van der Waals surface area contributed by atoms with Crippen molar-refractivity contribution >= 4 is 6.29 Å². The SMILES string of the molecule is CCCCc1ccc(C(F)(F)F)cc1C=O. The van der Waals surface area contributed by atoms with Crippen molar-refractivity contribution in [3.8, 4) is 0 Å². The molecule has 0 aliphatic carbocycles. The first-order valence-electron chi connectivity index (χ1n) is 5.14. The summed E-state index contributed by atoms with van der Waals surface area (Å²) in [4.78, 5) is 10.7. The van der Waals surface area contributed by atoms with E-state index in [-0.39, 0.29) is 5.56 Å². The Labute approximate surface area is 92.3 Å². The second-order valence-electron chi connectivity index (χ2n) is 3.63. The second-order valence-corrected chi connectivity index (χ2v) is 3.63. The van der Waals surface area contributed by atoms with Gasteiger partial charge in [-0.25, -0.2) is 0 Å². The normalized spacial score (nSPS) is 11.5. The lowest BCUT2D eigenvalue weighted by molar-refractivity contribution is -0.137. The van der Waals surface area contributed by atoms with Gasteiger partial charge in [0.05, 0.1) is 5.56 Å². The molecular weight excluding hydrogens is 217 g/mol. The molecule has 0 heterocycles. The van der Waals surface area contributed by atoms with E-state index in [9.17, 15) is 18.0 Å². The standard InChI is InChI=1S/C12H13F3O/c1-2-3-4-9-5-6-11(12(13,14)15)7-10(9)8-16/h5-8H,2-4H2,1H3. The molecule has 0 unspecified atom stereocenters. The third-order valence-corrected chi connectivity index (χ3v) is 2.40. The first-order chi connectivity index (χ1) is 7.49. The average molecular weight is 230 g/mol. The number of carbonyl (C=O) groups is 1. The van der Waals surface area contributed by atoms with Crippen molar-refractivity contribution in [2.45, 2.75) is 32.4 Å². The largest absolute Gasteiger partial charge is 0.416 e. The minimum atomic E-state index is -4.39. The van der Waals surface area contributed by atoms with Gasteiger partial charge in [-0.3, -0.25) is 4.79 Å². The highest BCUT2D eigenvalue weighted by Crippen LogP contribution is 2.30. The van der Waals surface area contributed by atoms with Crippen LogP contribution in [0.2, 0.25) is 0 Å². The van der Waals surface area contributed by atoms with Crippen LogP contribution >= 0.6 is 0 Å². The smallest absolute Gasteiger partial charge is 0.298 e. The van der Waals surface area contributed by atoms with E-state index < -0.39 is 11.7 Å². The molecule has 0 radical (unpaired) electrons. The molecule has 0 aromatic heterocycles. The fraction of sp³-hybridized carbons (Fsp3) is 0.417. The molecule has 0 bridgehead atoms. The topological polar surface area (TPSA) is 17.1 Å². The lowest BCUT2D eigenvalue weighted by Crippen LogP contribution is -2.06. The van der Waals surface area contributed by atoms with E-state index in [0.29, 0.717) is 18.3 Å². The van der Waals surface area contributed by atoms with Crippen LogP contribution in [0.15, 0.2) is 18.2 Å². The molecular formula is C12H13F3O. The number of alkyl halides is 3. The third-order valence-electron chi connectivity index (χ3n) is 2.40. The summed E-state index contributed by atoms with van der Waals surface area (Å²) in [5.74, 6) is 0. The van der Waals surface area contributed by atoms with Crippen LogP contribution < -0.4 is 0 Å². The summed E-state index contributed by atoms with van der Waals surface area (Å²) in [5.41, 5.74) is 0.0583. The number of hydrogen-bond acceptors (Lipinski definition) is 1. The van der Waals surface area contributed by atoms with Crippen molar-refractivity contribution in [2.24, 2.45) is 0 Å². The Morgan fingerprint density at radius 2 is 2.00 bits per heavy atom. The van der Waals surface area contributed by atoms with E-state index in [1.807, 2.05) is 6.92 Å². The highest BCUT2D eigenvalue weighted by Gasteiger charge is 2.30. The molecule has 0 fully saturated rings. The van der Waals surface area contributed by atoms with E-state index in [0.717, 1.165) is 25.0 Å². The van der Waals surface area contributed by atoms with Crippen LogP contribution in [0.1, 0.15) is 41.3 Å². The Morgan fingerprint density at radius 1 is 1.31 bits per heavy atom. The fourth-order valence-corrected chi connectivity index (χ4v) is 1.48. The van der Waals surface area contributed by atoms with Gasteiger partial charge in [-0.05, 0) is 30.5 Å². The summed E-state index contributed by atoms with van der Waals surface area (Å²) in [6.07, 6.45) is -1.45. The molecule has 1 rings (SSSR count). The zero-order valence-electron chi connectivity index (χ0n) is 8.97.